The van der Waals surface area contributed by atoms with Gasteiger partial charge in [-0.05, 0) is 12.3 Å². The minimum atomic E-state index is -2.48. The molecular formula is C13H25N3O4S. The molecule has 0 unspecified atom stereocenters. The van der Waals surface area contributed by atoms with Crippen molar-refractivity contribution in [1.82, 2.24) is 10.2 Å². The number of urea groups is 1. The van der Waals surface area contributed by atoms with Gasteiger partial charge in [0.25, 0.3) is 5.91 Å². The fourth-order valence-corrected chi connectivity index (χ4v) is 2.75. The molecule has 1 aliphatic rings. The van der Waals surface area contributed by atoms with Crippen LogP contribution in [0.2, 0.25) is 0 Å². The quantitative estimate of drug-likeness (QED) is 0.826. The Morgan fingerprint density at radius 2 is 2.10 bits per heavy atom. The van der Waals surface area contributed by atoms with E-state index >= 15 is 0 Å². The summed E-state index contributed by atoms with van der Waals surface area (Å²) in [7, 11) is -2.48. The highest BCUT2D eigenvalue weighted by molar-refractivity contribution is 7.92. The van der Waals surface area contributed by atoms with Crippen molar-refractivity contribution >= 4 is 21.7 Å². The van der Waals surface area contributed by atoms with Gasteiger partial charge in [-0.25, -0.2) is 9.00 Å². The van der Waals surface area contributed by atoms with Crippen LogP contribution in [-0.4, -0.2) is 65.9 Å². The van der Waals surface area contributed by atoms with Crippen molar-refractivity contribution in [2.45, 2.75) is 26.3 Å². The number of hydrogen-bond donors (Lipinski definition) is 1. The highest BCUT2D eigenvalue weighted by atomic mass is 32.2. The largest absolute Gasteiger partial charge is 0.377 e. The van der Waals surface area contributed by atoms with E-state index in [0.717, 1.165) is 6.42 Å². The molecule has 0 aromatic heterocycles. The molecule has 7 nitrogen and oxygen atoms in total. The number of nitrogens with one attached hydrogen (secondary N) is 1. The first-order valence-electron chi connectivity index (χ1n) is 7.01. The predicted molar refractivity (Wildman–Crippen MR) is 81.6 cm³/mol. The molecule has 1 heterocycles. The van der Waals surface area contributed by atoms with Crippen molar-refractivity contribution in [2.75, 3.05) is 38.8 Å². The molecule has 0 spiro atoms. The summed E-state index contributed by atoms with van der Waals surface area (Å²) < 4.78 is 20.3. The summed E-state index contributed by atoms with van der Waals surface area (Å²) in [5.41, 5.74) is 0. The molecule has 0 radical (unpaired) electrons. The van der Waals surface area contributed by atoms with Crippen LogP contribution in [0.25, 0.3) is 0 Å². The van der Waals surface area contributed by atoms with Gasteiger partial charge in [0.05, 0.1) is 19.3 Å². The number of nitrogens with zero attached hydrogens (tertiary/aromatic N) is 2. The van der Waals surface area contributed by atoms with Gasteiger partial charge in [0.15, 0.2) is 0 Å². The van der Waals surface area contributed by atoms with E-state index in [1.807, 2.05) is 0 Å². The van der Waals surface area contributed by atoms with Crippen molar-refractivity contribution in [1.29, 1.82) is 0 Å². The van der Waals surface area contributed by atoms with Crippen LogP contribution in [-0.2, 0) is 19.3 Å². The molecule has 1 atom stereocenters. The van der Waals surface area contributed by atoms with E-state index in [9.17, 15) is 13.8 Å². The highest BCUT2D eigenvalue weighted by Crippen LogP contribution is 2.15. The topological polar surface area (TPSA) is 88.1 Å². The number of carbonyl (C=O) groups excluding carboxylic acids is 2. The van der Waals surface area contributed by atoms with E-state index in [-0.39, 0.29) is 18.6 Å². The van der Waals surface area contributed by atoms with Crippen LogP contribution in [0.3, 0.4) is 0 Å². The Morgan fingerprint density at radius 1 is 1.43 bits per heavy atom. The summed E-state index contributed by atoms with van der Waals surface area (Å²) in [6.07, 6.45) is 3.62. The fourth-order valence-electron chi connectivity index (χ4n) is 2.19. The summed E-state index contributed by atoms with van der Waals surface area (Å²) in [5.74, 6) is -0.125. The van der Waals surface area contributed by atoms with Crippen LogP contribution < -0.4 is 5.32 Å². The average Bonchev–Trinajstić information content (AvgIpc) is 2.34. The Hall–Kier alpha value is -1.15. The van der Waals surface area contributed by atoms with Gasteiger partial charge in [-0.15, -0.1) is 0 Å². The van der Waals surface area contributed by atoms with Crippen molar-refractivity contribution in [3.05, 3.63) is 0 Å². The maximum atomic E-state index is 12.2. The lowest BCUT2D eigenvalue weighted by atomic mass is 10.0. The summed E-state index contributed by atoms with van der Waals surface area (Å²) in [4.78, 5) is 25.4. The molecule has 3 amide bonds. The third kappa shape index (κ3) is 6.90. The second kappa shape index (κ2) is 7.74. The molecule has 122 valence electrons. The molecule has 1 aliphatic heterocycles. The Labute approximate surface area is 126 Å². The fraction of sp³-hybridized carbons (Fsp3) is 0.846. The van der Waals surface area contributed by atoms with E-state index in [1.165, 1.54) is 12.5 Å². The van der Waals surface area contributed by atoms with Crippen molar-refractivity contribution in [3.63, 3.8) is 0 Å². The minimum absolute atomic E-state index is 0.0207. The number of morpholine rings is 1. The van der Waals surface area contributed by atoms with Crippen LogP contribution in [0.4, 0.5) is 4.79 Å². The first kappa shape index (κ1) is 17.9. The van der Waals surface area contributed by atoms with Crippen molar-refractivity contribution in [2.24, 2.45) is 10.3 Å². The second-order valence-electron chi connectivity index (χ2n) is 5.88. The maximum absolute atomic E-state index is 12.2. The van der Waals surface area contributed by atoms with Crippen molar-refractivity contribution in [3.8, 4) is 0 Å². The van der Waals surface area contributed by atoms with E-state index in [4.69, 9.17) is 4.74 Å². The minimum Gasteiger partial charge on any atom is -0.377 e. The monoisotopic (exact) mass is 319 g/mol. The molecule has 1 rings (SSSR count). The number of amides is 3. The molecule has 0 aromatic carbocycles. The van der Waals surface area contributed by atoms with Crippen molar-refractivity contribution < 1.29 is 18.5 Å². The number of rotatable bonds is 4. The lowest BCUT2D eigenvalue weighted by molar-refractivity contribution is -0.116. The predicted octanol–water partition coefficient (Wildman–Crippen LogP) is 0.697. The van der Waals surface area contributed by atoms with Gasteiger partial charge >= 0.3 is 6.03 Å². The van der Waals surface area contributed by atoms with Gasteiger partial charge in [0, 0.05) is 28.8 Å². The van der Waals surface area contributed by atoms with E-state index in [0.29, 0.717) is 25.7 Å². The summed E-state index contributed by atoms with van der Waals surface area (Å²) in [5, 5.41) is 2.54. The normalized spacial score (nSPS) is 19.5. The first-order chi connectivity index (χ1) is 9.69. The zero-order valence-electron chi connectivity index (χ0n) is 13.1. The van der Waals surface area contributed by atoms with Gasteiger partial charge in [-0.2, -0.15) is 4.36 Å². The lowest BCUT2D eigenvalue weighted by Gasteiger charge is -2.36. The zero-order chi connectivity index (χ0) is 16.0. The van der Waals surface area contributed by atoms with Crippen LogP contribution in [0.1, 0.15) is 20.3 Å². The average molecular weight is 319 g/mol. The Bertz CT molecular complexity index is 490. The highest BCUT2D eigenvalue weighted by Gasteiger charge is 2.27. The first-order valence-corrected chi connectivity index (χ1v) is 9.34. The Kier molecular flexibility index (Phi) is 6.60. The number of carbonyl (C=O) groups is 2. The molecule has 21 heavy (non-hydrogen) atoms. The third-order valence-electron chi connectivity index (χ3n) is 2.94. The SMILES string of the molecule is CC(C)C[C@@H]1COCCN1C(=O)NCC(=O)N=S(C)(C)=O. The molecule has 8 heteroatoms. The molecular weight excluding hydrogens is 294 g/mol. The smallest absolute Gasteiger partial charge is 0.318 e. The van der Waals surface area contributed by atoms with Crippen LogP contribution in [0, 0.1) is 5.92 Å². The number of ether oxygens (including phenoxy) is 1. The van der Waals surface area contributed by atoms with Gasteiger partial charge in [-0.1, -0.05) is 13.8 Å². The van der Waals surface area contributed by atoms with E-state index in [2.05, 4.69) is 23.5 Å². The van der Waals surface area contributed by atoms with E-state index < -0.39 is 15.6 Å². The summed E-state index contributed by atoms with van der Waals surface area (Å²) in [6, 6.07) is -0.279. The molecule has 1 saturated heterocycles. The maximum Gasteiger partial charge on any atom is 0.318 e. The van der Waals surface area contributed by atoms with Crippen LogP contribution in [0.5, 0.6) is 0 Å². The molecule has 1 fully saturated rings. The van der Waals surface area contributed by atoms with Gasteiger partial charge in [-0.3, -0.25) is 4.79 Å². The van der Waals surface area contributed by atoms with E-state index in [1.54, 1.807) is 4.90 Å². The number of hydrogen-bond acceptors (Lipinski definition) is 4. The molecule has 1 N–H and O–H groups in total. The van der Waals surface area contributed by atoms with Crippen LogP contribution >= 0.6 is 0 Å². The Balaban J connectivity index is 2.56. The van der Waals surface area contributed by atoms with Gasteiger partial charge in [0.2, 0.25) is 0 Å². The van der Waals surface area contributed by atoms with Gasteiger partial charge in [0.1, 0.15) is 6.54 Å². The summed E-state index contributed by atoms with van der Waals surface area (Å²) in [6.45, 7) is 5.47. The van der Waals surface area contributed by atoms with Gasteiger partial charge < -0.3 is 15.0 Å². The molecule has 0 bridgehead atoms. The second-order valence-corrected chi connectivity index (χ2v) is 8.42. The summed E-state index contributed by atoms with van der Waals surface area (Å²) >= 11 is 0. The molecule has 0 aliphatic carbocycles. The third-order valence-corrected chi connectivity index (χ3v) is 3.59. The lowest BCUT2D eigenvalue weighted by Crippen LogP contribution is -2.53. The van der Waals surface area contributed by atoms with Crippen LogP contribution in [0.15, 0.2) is 4.36 Å². The zero-order valence-corrected chi connectivity index (χ0v) is 13.9. The standard InChI is InChI=1S/C13H25N3O4S/c1-10(2)7-11-9-20-6-5-16(11)13(18)14-8-12(17)15-21(3,4)19/h10-11H,5-9H2,1-4H3,(H,14,18)/t11-/m1/s1. The molecule has 0 aromatic rings. The Morgan fingerprint density at radius 3 is 2.67 bits per heavy atom. The molecule has 0 saturated carbocycles.